The summed E-state index contributed by atoms with van der Waals surface area (Å²) < 4.78 is 29.1. The number of hydrogen-bond donors (Lipinski definition) is 1. The van der Waals surface area contributed by atoms with Crippen LogP contribution in [0.1, 0.15) is 23.6 Å². The zero-order chi connectivity index (χ0) is 31.0. The van der Waals surface area contributed by atoms with Gasteiger partial charge in [0.2, 0.25) is 11.8 Å². The van der Waals surface area contributed by atoms with Crippen molar-refractivity contribution >= 4 is 50.7 Å². The Balaban J connectivity index is 1.81. The minimum absolute atomic E-state index is 0.00744. The van der Waals surface area contributed by atoms with Gasteiger partial charge in [0, 0.05) is 24.5 Å². The summed E-state index contributed by atoms with van der Waals surface area (Å²) in [4.78, 5) is 29.3. The highest BCUT2D eigenvalue weighted by molar-refractivity contribution is 7.92. The lowest BCUT2D eigenvalue weighted by molar-refractivity contribution is -0.140. The zero-order valence-corrected chi connectivity index (χ0v) is 26.2. The van der Waals surface area contributed by atoms with Gasteiger partial charge in [0.15, 0.2) is 0 Å². The summed E-state index contributed by atoms with van der Waals surface area (Å²) in [6.07, 6.45) is 0.208. The largest absolute Gasteiger partial charge is 0.355 e. The number of amides is 2. The monoisotopic (exact) mass is 637 g/mol. The van der Waals surface area contributed by atoms with Crippen molar-refractivity contribution in [3.8, 4) is 0 Å². The molecule has 0 unspecified atom stereocenters. The second-order valence-corrected chi connectivity index (χ2v) is 12.7. The molecular formula is C33H33Cl2N3O4S. The zero-order valence-electron chi connectivity index (χ0n) is 23.9. The van der Waals surface area contributed by atoms with E-state index in [0.717, 1.165) is 15.4 Å². The van der Waals surface area contributed by atoms with Crippen LogP contribution in [0.5, 0.6) is 0 Å². The molecule has 2 amide bonds. The van der Waals surface area contributed by atoms with Gasteiger partial charge < -0.3 is 10.2 Å². The van der Waals surface area contributed by atoms with Crippen molar-refractivity contribution in [2.45, 2.75) is 37.8 Å². The summed E-state index contributed by atoms with van der Waals surface area (Å²) in [7, 11) is -4.24. The van der Waals surface area contributed by atoms with Gasteiger partial charge in [-0.3, -0.25) is 13.9 Å². The normalized spacial score (nSPS) is 11.9. The van der Waals surface area contributed by atoms with E-state index >= 15 is 0 Å². The fourth-order valence-corrected chi connectivity index (χ4v) is 6.58. The van der Waals surface area contributed by atoms with Crippen LogP contribution in [-0.4, -0.2) is 44.3 Å². The second-order valence-electron chi connectivity index (χ2n) is 9.99. The van der Waals surface area contributed by atoms with Crippen LogP contribution in [-0.2, 0) is 32.6 Å². The standard InChI is InChI=1S/C33H33Cl2N3O4S/c1-3-36-33(40)31(21-25-11-5-4-6-12-25)37(22-26-13-7-8-14-28(26)34)32(39)23-38(30-16-10-9-15-29(30)35)43(41,42)27-19-17-24(2)18-20-27/h4-20,31H,3,21-23H2,1-2H3,(H,36,40)/t31-/m0/s1. The molecule has 0 saturated carbocycles. The van der Waals surface area contributed by atoms with E-state index in [0.29, 0.717) is 17.1 Å². The molecular weight excluding hydrogens is 605 g/mol. The van der Waals surface area contributed by atoms with Crippen LogP contribution in [0.2, 0.25) is 10.0 Å². The first kappa shape index (κ1) is 32.1. The highest BCUT2D eigenvalue weighted by Gasteiger charge is 2.35. The number of benzene rings is 4. The summed E-state index contributed by atoms with van der Waals surface area (Å²) in [6.45, 7) is 3.38. The molecule has 1 atom stereocenters. The predicted octanol–water partition coefficient (Wildman–Crippen LogP) is 6.27. The Labute approximate surface area is 263 Å². The van der Waals surface area contributed by atoms with Crippen LogP contribution in [0.25, 0.3) is 0 Å². The van der Waals surface area contributed by atoms with Gasteiger partial charge >= 0.3 is 0 Å². The van der Waals surface area contributed by atoms with Gasteiger partial charge in [-0.25, -0.2) is 8.42 Å². The summed E-state index contributed by atoms with van der Waals surface area (Å²) in [5.41, 5.74) is 2.49. The van der Waals surface area contributed by atoms with Crippen molar-refractivity contribution in [2.75, 3.05) is 17.4 Å². The van der Waals surface area contributed by atoms with E-state index in [4.69, 9.17) is 23.2 Å². The smallest absolute Gasteiger partial charge is 0.264 e. The quantitative estimate of drug-likeness (QED) is 0.198. The molecule has 4 aromatic rings. The Bertz CT molecular complexity index is 1670. The van der Waals surface area contributed by atoms with Gasteiger partial charge in [-0.2, -0.15) is 0 Å². The molecule has 43 heavy (non-hydrogen) atoms. The van der Waals surface area contributed by atoms with Crippen molar-refractivity contribution in [3.63, 3.8) is 0 Å². The number of nitrogens with one attached hydrogen (secondary N) is 1. The first-order chi connectivity index (χ1) is 20.6. The lowest BCUT2D eigenvalue weighted by Crippen LogP contribution is -2.53. The van der Waals surface area contributed by atoms with Crippen LogP contribution in [0, 0.1) is 6.92 Å². The van der Waals surface area contributed by atoms with Crippen molar-refractivity contribution in [1.29, 1.82) is 0 Å². The molecule has 0 bridgehead atoms. The van der Waals surface area contributed by atoms with Gasteiger partial charge in [0.05, 0.1) is 15.6 Å². The molecule has 0 radical (unpaired) electrons. The average molecular weight is 639 g/mol. The van der Waals surface area contributed by atoms with Crippen molar-refractivity contribution < 1.29 is 18.0 Å². The molecule has 0 aromatic heterocycles. The minimum Gasteiger partial charge on any atom is -0.355 e. The third-order valence-corrected chi connectivity index (χ3v) is 9.39. The Morgan fingerprint density at radius 2 is 1.42 bits per heavy atom. The van der Waals surface area contributed by atoms with Crippen LogP contribution >= 0.6 is 23.2 Å². The molecule has 0 aliphatic carbocycles. The highest BCUT2D eigenvalue weighted by Crippen LogP contribution is 2.31. The van der Waals surface area contributed by atoms with Crippen LogP contribution < -0.4 is 9.62 Å². The van der Waals surface area contributed by atoms with E-state index in [-0.39, 0.29) is 34.5 Å². The van der Waals surface area contributed by atoms with Crippen molar-refractivity contribution in [3.05, 3.63) is 130 Å². The molecule has 4 aromatic carbocycles. The molecule has 0 saturated heterocycles. The SMILES string of the molecule is CCNC(=O)[C@H](Cc1ccccc1)N(Cc1ccccc1Cl)C(=O)CN(c1ccccc1Cl)S(=O)(=O)c1ccc(C)cc1. The summed E-state index contributed by atoms with van der Waals surface area (Å²) in [5.74, 6) is -0.958. The molecule has 7 nitrogen and oxygen atoms in total. The Kier molecular flexibility index (Phi) is 10.9. The van der Waals surface area contributed by atoms with Gasteiger partial charge in [0.1, 0.15) is 12.6 Å². The van der Waals surface area contributed by atoms with Crippen molar-refractivity contribution in [1.82, 2.24) is 10.2 Å². The number of hydrogen-bond acceptors (Lipinski definition) is 4. The van der Waals surface area contributed by atoms with Gasteiger partial charge in [0.25, 0.3) is 10.0 Å². The molecule has 224 valence electrons. The molecule has 0 aliphatic rings. The number of carbonyl (C=O) groups is 2. The second kappa shape index (κ2) is 14.6. The lowest BCUT2D eigenvalue weighted by Gasteiger charge is -2.34. The minimum atomic E-state index is -4.24. The molecule has 0 aliphatic heterocycles. The maximum atomic E-state index is 14.4. The summed E-state index contributed by atoms with van der Waals surface area (Å²) in [5, 5.41) is 3.42. The van der Waals surface area contributed by atoms with E-state index in [9.17, 15) is 18.0 Å². The summed E-state index contributed by atoms with van der Waals surface area (Å²) >= 11 is 13.0. The van der Waals surface area contributed by atoms with E-state index < -0.39 is 28.5 Å². The number of para-hydroxylation sites is 1. The Hall–Kier alpha value is -3.85. The number of anilines is 1. The molecule has 0 spiro atoms. The van der Waals surface area contributed by atoms with Crippen LogP contribution in [0.4, 0.5) is 5.69 Å². The number of carbonyl (C=O) groups excluding carboxylic acids is 2. The Morgan fingerprint density at radius 1 is 0.814 bits per heavy atom. The molecule has 1 N–H and O–H groups in total. The fraction of sp³-hybridized carbons (Fsp3) is 0.212. The molecule has 10 heteroatoms. The highest BCUT2D eigenvalue weighted by atomic mass is 35.5. The maximum absolute atomic E-state index is 14.4. The van der Waals surface area contributed by atoms with Gasteiger partial charge in [-0.15, -0.1) is 0 Å². The third kappa shape index (κ3) is 7.96. The predicted molar refractivity (Wildman–Crippen MR) is 172 cm³/mol. The summed E-state index contributed by atoms with van der Waals surface area (Å²) in [6, 6.07) is 28.2. The average Bonchev–Trinajstić information content (AvgIpc) is 2.99. The fourth-order valence-electron chi connectivity index (χ4n) is 4.66. The van der Waals surface area contributed by atoms with Crippen LogP contribution in [0.15, 0.2) is 108 Å². The first-order valence-electron chi connectivity index (χ1n) is 13.8. The number of nitrogens with zero attached hydrogens (tertiary/aromatic N) is 2. The van der Waals surface area contributed by atoms with E-state index in [2.05, 4.69) is 5.32 Å². The lowest BCUT2D eigenvalue weighted by atomic mass is 10.0. The van der Waals surface area contributed by atoms with Gasteiger partial charge in [-0.05, 0) is 55.3 Å². The number of likely N-dealkylation sites (N-methyl/N-ethyl adjacent to an activating group) is 1. The van der Waals surface area contributed by atoms with Gasteiger partial charge in [-0.1, -0.05) is 102 Å². The van der Waals surface area contributed by atoms with E-state index in [1.807, 2.05) is 37.3 Å². The maximum Gasteiger partial charge on any atom is 0.264 e. The third-order valence-electron chi connectivity index (χ3n) is 6.93. The number of rotatable bonds is 12. The Morgan fingerprint density at radius 3 is 2.05 bits per heavy atom. The van der Waals surface area contributed by atoms with E-state index in [1.54, 1.807) is 67.6 Å². The topological polar surface area (TPSA) is 86.8 Å². The molecule has 4 rings (SSSR count). The van der Waals surface area contributed by atoms with E-state index in [1.165, 1.54) is 17.0 Å². The number of halogens is 2. The van der Waals surface area contributed by atoms with Crippen molar-refractivity contribution in [2.24, 2.45) is 0 Å². The van der Waals surface area contributed by atoms with Crippen LogP contribution in [0.3, 0.4) is 0 Å². The first-order valence-corrected chi connectivity index (χ1v) is 16.0. The molecule has 0 fully saturated rings. The number of sulfonamides is 1. The number of aryl methyl sites for hydroxylation is 1. The molecule has 0 heterocycles.